The van der Waals surface area contributed by atoms with Gasteiger partial charge >= 0.3 is 5.69 Å². The van der Waals surface area contributed by atoms with E-state index in [0.717, 1.165) is 19.4 Å². The second kappa shape index (κ2) is 7.03. The topological polar surface area (TPSA) is 93.5 Å². The number of hydrogen-bond donors (Lipinski definition) is 2. The summed E-state index contributed by atoms with van der Waals surface area (Å²) in [6.45, 7) is 1.58. The van der Waals surface area contributed by atoms with Crippen LogP contribution in [0.2, 0.25) is 0 Å². The predicted octanol–water partition coefficient (Wildman–Crippen LogP) is 1.48. The van der Waals surface area contributed by atoms with Crippen LogP contribution in [0.15, 0.2) is 18.2 Å². The van der Waals surface area contributed by atoms with Crippen LogP contribution in [0, 0.1) is 10.1 Å². The molecule has 1 amide bonds. The molecule has 1 aliphatic rings. The Kier molecular flexibility index (Phi) is 5.10. The number of carbonyl (C=O) groups excluding carboxylic acids is 1. The zero-order chi connectivity index (χ0) is 15.2. The van der Waals surface area contributed by atoms with E-state index in [1.54, 1.807) is 0 Å². The van der Waals surface area contributed by atoms with Crippen LogP contribution in [0.4, 0.5) is 5.69 Å². The van der Waals surface area contributed by atoms with Crippen LogP contribution in [0.3, 0.4) is 0 Å². The molecule has 7 heteroatoms. The van der Waals surface area contributed by atoms with E-state index in [9.17, 15) is 14.9 Å². The molecule has 0 radical (unpaired) electrons. The number of nitrogens with zero attached hydrogens (tertiary/aromatic N) is 1. The van der Waals surface area contributed by atoms with Crippen molar-refractivity contribution in [3.05, 3.63) is 33.9 Å². The number of rotatable bonds is 6. The summed E-state index contributed by atoms with van der Waals surface area (Å²) in [4.78, 5) is 22.4. The van der Waals surface area contributed by atoms with E-state index in [1.165, 1.54) is 31.7 Å². The van der Waals surface area contributed by atoms with E-state index < -0.39 is 4.92 Å². The van der Waals surface area contributed by atoms with Crippen molar-refractivity contribution < 1.29 is 14.5 Å². The Morgan fingerprint density at radius 1 is 1.57 bits per heavy atom. The van der Waals surface area contributed by atoms with Crippen molar-refractivity contribution in [3.8, 4) is 5.75 Å². The third-order valence-electron chi connectivity index (χ3n) is 3.58. The number of ether oxygens (including phenoxy) is 1. The van der Waals surface area contributed by atoms with Crippen molar-refractivity contribution in [3.63, 3.8) is 0 Å². The van der Waals surface area contributed by atoms with Crippen LogP contribution in [0.5, 0.6) is 5.75 Å². The minimum atomic E-state index is -0.557. The molecule has 7 nitrogen and oxygen atoms in total. The summed E-state index contributed by atoms with van der Waals surface area (Å²) >= 11 is 0. The number of hydrogen-bond acceptors (Lipinski definition) is 5. The summed E-state index contributed by atoms with van der Waals surface area (Å²) in [5.41, 5.74) is 0.0597. The maximum absolute atomic E-state index is 12.0. The summed E-state index contributed by atoms with van der Waals surface area (Å²) in [6, 6.07) is 4.65. The fraction of sp³-hybridized carbons (Fsp3) is 0.500. The average Bonchev–Trinajstić information content (AvgIpc) is 2.99. The number of carbonyl (C=O) groups is 1. The lowest BCUT2D eigenvalue weighted by atomic mass is 10.1. The van der Waals surface area contributed by atoms with Gasteiger partial charge in [-0.3, -0.25) is 14.9 Å². The highest BCUT2D eigenvalue weighted by atomic mass is 16.6. The van der Waals surface area contributed by atoms with E-state index in [1.807, 2.05) is 0 Å². The highest BCUT2D eigenvalue weighted by Crippen LogP contribution is 2.27. The minimum absolute atomic E-state index is 0.145. The SMILES string of the molecule is COc1ccc(C(=O)NCC[C@@H]2CCCN2)cc1[N+](=O)[O-]. The molecule has 1 fully saturated rings. The molecule has 0 aromatic heterocycles. The highest BCUT2D eigenvalue weighted by molar-refractivity contribution is 5.95. The zero-order valence-electron chi connectivity index (χ0n) is 11.9. The number of benzene rings is 1. The molecule has 0 unspecified atom stereocenters. The van der Waals surface area contributed by atoms with Gasteiger partial charge in [-0.2, -0.15) is 0 Å². The van der Waals surface area contributed by atoms with Gasteiger partial charge in [-0.1, -0.05) is 0 Å². The molecule has 1 saturated heterocycles. The van der Waals surface area contributed by atoms with Gasteiger partial charge in [0.05, 0.1) is 12.0 Å². The summed E-state index contributed by atoms with van der Waals surface area (Å²) in [5.74, 6) is -0.162. The van der Waals surface area contributed by atoms with Crippen LogP contribution >= 0.6 is 0 Å². The monoisotopic (exact) mass is 293 g/mol. The number of nitro groups is 1. The summed E-state index contributed by atoms with van der Waals surface area (Å²) in [5, 5.41) is 17.1. The van der Waals surface area contributed by atoms with E-state index in [0.29, 0.717) is 12.6 Å². The first kappa shape index (κ1) is 15.2. The average molecular weight is 293 g/mol. The molecule has 21 heavy (non-hydrogen) atoms. The van der Waals surface area contributed by atoms with Gasteiger partial charge < -0.3 is 15.4 Å². The van der Waals surface area contributed by atoms with Crippen molar-refractivity contribution >= 4 is 11.6 Å². The predicted molar refractivity (Wildman–Crippen MR) is 77.6 cm³/mol. The van der Waals surface area contributed by atoms with E-state index in [2.05, 4.69) is 10.6 Å². The molecule has 2 rings (SSSR count). The smallest absolute Gasteiger partial charge is 0.311 e. The summed E-state index contributed by atoms with van der Waals surface area (Å²) < 4.78 is 4.91. The van der Waals surface area contributed by atoms with Crippen molar-refractivity contribution in [1.82, 2.24) is 10.6 Å². The fourth-order valence-corrected chi connectivity index (χ4v) is 2.44. The molecule has 1 aliphatic heterocycles. The molecule has 1 aromatic rings. The van der Waals surface area contributed by atoms with Crippen LogP contribution in [0.25, 0.3) is 0 Å². The number of methoxy groups -OCH3 is 1. The number of nitrogens with one attached hydrogen (secondary N) is 2. The molecule has 0 saturated carbocycles. The summed E-state index contributed by atoms with van der Waals surface area (Å²) in [6.07, 6.45) is 3.16. The molecule has 1 atom stereocenters. The summed E-state index contributed by atoms with van der Waals surface area (Å²) in [7, 11) is 1.36. The van der Waals surface area contributed by atoms with E-state index >= 15 is 0 Å². The van der Waals surface area contributed by atoms with Gasteiger partial charge in [-0.05, 0) is 37.9 Å². The molecule has 1 aromatic carbocycles. The Bertz CT molecular complexity index is 527. The Morgan fingerprint density at radius 2 is 2.38 bits per heavy atom. The van der Waals surface area contributed by atoms with Crippen molar-refractivity contribution in [2.45, 2.75) is 25.3 Å². The van der Waals surface area contributed by atoms with Gasteiger partial charge in [-0.25, -0.2) is 0 Å². The maximum Gasteiger partial charge on any atom is 0.311 e. The molecular weight excluding hydrogens is 274 g/mol. The first-order valence-electron chi connectivity index (χ1n) is 6.96. The molecule has 2 N–H and O–H groups in total. The Balaban J connectivity index is 1.95. The largest absolute Gasteiger partial charge is 0.490 e. The second-order valence-corrected chi connectivity index (χ2v) is 4.98. The van der Waals surface area contributed by atoms with Gasteiger partial charge in [0.2, 0.25) is 0 Å². The van der Waals surface area contributed by atoms with Gasteiger partial charge in [0.1, 0.15) is 0 Å². The fourth-order valence-electron chi connectivity index (χ4n) is 2.44. The highest BCUT2D eigenvalue weighted by Gasteiger charge is 2.18. The first-order valence-corrected chi connectivity index (χ1v) is 6.96. The van der Waals surface area contributed by atoms with Gasteiger partial charge in [0.25, 0.3) is 5.91 Å². The number of nitro benzene ring substituents is 1. The molecular formula is C14H19N3O4. The van der Waals surface area contributed by atoms with Gasteiger partial charge in [0.15, 0.2) is 5.75 Å². The Hall–Kier alpha value is -2.15. The molecule has 0 aliphatic carbocycles. The zero-order valence-corrected chi connectivity index (χ0v) is 11.9. The molecule has 114 valence electrons. The molecule has 0 bridgehead atoms. The van der Waals surface area contributed by atoms with Crippen molar-refractivity contribution in [2.75, 3.05) is 20.2 Å². The lowest BCUT2D eigenvalue weighted by Crippen LogP contribution is -2.30. The van der Waals surface area contributed by atoms with E-state index in [4.69, 9.17) is 4.74 Å². The second-order valence-electron chi connectivity index (χ2n) is 4.98. The van der Waals surface area contributed by atoms with Crippen LogP contribution in [0.1, 0.15) is 29.6 Å². The molecule has 0 spiro atoms. The molecule has 1 heterocycles. The third kappa shape index (κ3) is 3.91. The van der Waals surface area contributed by atoms with Crippen LogP contribution in [-0.4, -0.2) is 37.1 Å². The van der Waals surface area contributed by atoms with Crippen LogP contribution in [-0.2, 0) is 0 Å². The minimum Gasteiger partial charge on any atom is -0.490 e. The van der Waals surface area contributed by atoms with Gasteiger partial charge in [-0.15, -0.1) is 0 Å². The quantitative estimate of drug-likeness (QED) is 0.612. The Labute approximate surface area is 122 Å². The van der Waals surface area contributed by atoms with Crippen LogP contribution < -0.4 is 15.4 Å². The van der Waals surface area contributed by atoms with Crippen molar-refractivity contribution in [1.29, 1.82) is 0 Å². The maximum atomic E-state index is 12.0. The van der Waals surface area contributed by atoms with E-state index in [-0.39, 0.29) is 22.9 Å². The normalized spacial score (nSPS) is 17.5. The first-order chi connectivity index (χ1) is 10.1. The standard InChI is InChI=1S/C14H19N3O4/c1-21-13-5-4-10(9-12(13)17(19)20)14(18)16-8-6-11-3-2-7-15-11/h4-5,9,11,15H,2-3,6-8H2,1H3,(H,16,18)/t11-/m0/s1. The third-order valence-corrected chi connectivity index (χ3v) is 3.58. The van der Waals surface area contributed by atoms with Gasteiger partial charge in [0, 0.05) is 24.2 Å². The Morgan fingerprint density at radius 3 is 3.00 bits per heavy atom. The van der Waals surface area contributed by atoms with Crippen molar-refractivity contribution in [2.24, 2.45) is 0 Å². The lowest BCUT2D eigenvalue weighted by Gasteiger charge is -2.11. The number of amides is 1. The lowest BCUT2D eigenvalue weighted by molar-refractivity contribution is -0.385.